The van der Waals surface area contributed by atoms with Crippen LogP contribution in [0.2, 0.25) is 0 Å². The minimum absolute atomic E-state index is 0.0769. The number of carbonyl (C=O) groups excluding carboxylic acids is 3. The first kappa shape index (κ1) is 20.1. The number of nitrogens with zero attached hydrogens (tertiary/aromatic N) is 1. The van der Waals surface area contributed by atoms with Crippen LogP contribution in [0.1, 0.15) is 17.5 Å². The van der Waals surface area contributed by atoms with Crippen molar-refractivity contribution in [3.63, 3.8) is 0 Å². The molecule has 3 rings (SSSR count). The Bertz CT molecular complexity index is 911. The van der Waals surface area contributed by atoms with Gasteiger partial charge in [-0.25, -0.2) is 0 Å². The molecule has 2 amide bonds. The van der Waals surface area contributed by atoms with Crippen LogP contribution in [0.4, 0.5) is 11.4 Å². The molecule has 0 bridgehead atoms. The third kappa shape index (κ3) is 4.78. The first-order chi connectivity index (χ1) is 13.3. The number of nitrogens with one attached hydrogen (secondary N) is 1. The van der Waals surface area contributed by atoms with Crippen LogP contribution in [0.3, 0.4) is 0 Å². The van der Waals surface area contributed by atoms with Crippen molar-refractivity contribution in [2.45, 2.75) is 20.3 Å². The van der Waals surface area contributed by atoms with Crippen molar-refractivity contribution >= 4 is 45.1 Å². The van der Waals surface area contributed by atoms with Gasteiger partial charge in [0.2, 0.25) is 5.91 Å². The van der Waals surface area contributed by atoms with Crippen molar-refractivity contribution in [2.24, 2.45) is 5.92 Å². The minimum Gasteiger partial charge on any atom is -0.455 e. The van der Waals surface area contributed by atoms with Crippen LogP contribution in [0.5, 0.6) is 0 Å². The Morgan fingerprint density at radius 2 is 1.89 bits per heavy atom. The number of hydrogen-bond donors (Lipinski definition) is 1. The number of ether oxygens (including phenoxy) is 1. The molecule has 1 aliphatic rings. The van der Waals surface area contributed by atoms with E-state index in [2.05, 4.69) is 21.2 Å². The largest absolute Gasteiger partial charge is 0.455 e. The summed E-state index contributed by atoms with van der Waals surface area (Å²) in [6.45, 7) is 3.69. The smallest absolute Gasteiger partial charge is 0.311 e. The number of aryl methyl sites for hydroxylation is 2. The Labute approximate surface area is 172 Å². The standard InChI is InChI=1S/C21H21BrN2O4/c1-13-3-4-14(2)18(9-13)23-19(25)12-28-21(27)15-10-20(26)24(11-15)17-7-5-16(22)6-8-17/h3-9,15H,10-12H2,1-2H3,(H,23,25)/t15-/m0/s1. The summed E-state index contributed by atoms with van der Waals surface area (Å²) >= 11 is 3.35. The predicted octanol–water partition coefficient (Wildman–Crippen LogP) is 3.60. The third-order valence-electron chi connectivity index (χ3n) is 4.61. The highest BCUT2D eigenvalue weighted by molar-refractivity contribution is 9.10. The molecule has 0 radical (unpaired) electrons. The lowest BCUT2D eigenvalue weighted by Gasteiger charge is -2.16. The van der Waals surface area contributed by atoms with Crippen molar-refractivity contribution < 1.29 is 19.1 Å². The van der Waals surface area contributed by atoms with Gasteiger partial charge in [0.25, 0.3) is 5.91 Å². The van der Waals surface area contributed by atoms with E-state index in [0.717, 1.165) is 21.3 Å². The van der Waals surface area contributed by atoms with Gasteiger partial charge in [-0.1, -0.05) is 28.1 Å². The molecular weight excluding hydrogens is 424 g/mol. The van der Waals surface area contributed by atoms with Crippen molar-refractivity contribution in [3.05, 3.63) is 58.1 Å². The van der Waals surface area contributed by atoms with E-state index >= 15 is 0 Å². The van der Waals surface area contributed by atoms with E-state index in [9.17, 15) is 14.4 Å². The molecule has 7 heteroatoms. The van der Waals surface area contributed by atoms with Gasteiger partial charge >= 0.3 is 5.97 Å². The monoisotopic (exact) mass is 444 g/mol. The molecule has 2 aromatic rings. The number of benzene rings is 2. The molecule has 1 aliphatic heterocycles. The normalized spacial score (nSPS) is 16.2. The van der Waals surface area contributed by atoms with Gasteiger partial charge in [0.1, 0.15) is 0 Å². The lowest BCUT2D eigenvalue weighted by Crippen LogP contribution is -2.28. The summed E-state index contributed by atoms with van der Waals surface area (Å²) in [5.41, 5.74) is 3.38. The van der Waals surface area contributed by atoms with Crippen LogP contribution in [-0.2, 0) is 19.1 Å². The maximum absolute atomic E-state index is 12.3. The second-order valence-electron chi connectivity index (χ2n) is 6.86. The maximum Gasteiger partial charge on any atom is 0.311 e. The average molecular weight is 445 g/mol. The van der Waals surface area contributed by atoms with Crippen LogP contribution in [0.25, 0.3) is 0 Å². The van der Waals surface area contributed by atoms with Gasteiger partial charge in [-0.15, -0.1) is 0 Å². The highest BCUT2D eigenvalue weighted by Crippen LogP contribution is 2.27. The second kappa shape index (κ2) is 8.56. The number of rotatable bonds is 5. The van der Waals surface area contributed by atoms with E-state index < -0.39 is 17.8 Å². The van der Waals surface area contributed by atoms with Gasteiger partial charge in [-0.2, -0.15) is 0 Å². The molecule has 0 aromatic heterocycles. The van der Waals surface area contributed by atoms with Crippen LogP contribution in [0.15, 0.2) is 46.9 Å². The molecule has 0 aliphatic carbocycles. The predicted molar refractivity (Wildman–Crippen MR) is 110 cm³/mol. The number of hydrogen-bond acceptors (Lipinski definition) is 4. The summed E-state index contributed by atoms with van der Waals surface area (Å²) in [4.78, 5) is 38.2. The highest BCUT2D eigenvalue weighted by atomic mass is 79.9. The third-order valence-corrected chi connectivity index (χ3v) is 5.14. The molecule has 28 heavy (non-hydrogen) atoms. The fourth-order valence-electron chi connectivity index (χ4n) is 3.05. The summed E-state index contributed by atoms with van der Waals surface area (Å²) in [6, 6.07) is 13.0. The van der Waals surface area contributed by atoms with E-state index in [-0.39, 0.29) is 25.5 Å². The summed E-state index contributed by atoms with van der Waals surface area (Å²) in [6.07, 6.45) is 0.0769. The van der Waals surface area contributed by atoms with E-state index in [4.69, 9.17) is 4.74 Å². The summed E-state index contributed by atoms with van der Waals surface area (Å²) in [5, 5.41) is 2.75. The molecule has 1 fully saturated rings. The fraction of sp³-hybridized carbons (Fsp3) is 0.286. The van der Waals surface area contributed by atoms with E-state index in [0.29, 0.717) is 5.69 Å². The van der Waals surface area contributed by atoms with Crippen molar-refractivity contribution in [2.75, 3.05) is 23.4 Å². The molecule has 146 valence electrons. The van der Waals surface area contributed by atoms with Crippen molar-refractivity contribution in [3.8, 4) is 0 Å². The first-order valence-corrected chi connectivity index (χ1v) is 9.72. The van der Waals surface area contributed by atoms with Crippen LogP contribution >= 0.6 is 15.9 Å². The van der Waals surface area contributed by atoms with Crippen molar-refractivity contribution in [1.29, 1.82) is 0 Å². The zero-order chi connectivity index (χ0) is 20.3. The Hall–Kier alpha value is -2.67. The van der Waals surface area contributed by atoms with Crippen LogP contribution < -0.4 is 10.2 Å². The number of anilines is 2. The molecule has 1 heterocycles. The summed E-state index contributed by atoms with van der Waals surface area (Å²) in [5.74, 6) is -1.66. The Balaban J connectivity index is 1.53. The van der Waals surface area contributed by atoms with Gasteiger partial charge in [0, 0.05) is 28.8 Å². The van der Waals surface area contributed by atoms with Crippen molar-refractivity contribution in [1.82, 2.24) is 0 Å². The minimum atomic E-state index is -0.579. The zero-order valence-corrected chi connectivity index (χ0v) is 17.3. The molecule has 1 atom stereocenters. The zero-order valence-electron chi connectivity index (χ0n) is 15.7. The van der Waals surface area contributed by atoms with Gasteiger partial charge < -0.3 is 15.0 Å². The van der Waals surface area contributed by atoms with Crippen LogP contribution in [0, 0.1) is 19.8 Å². The van der Waals surface area contributed by atoms with Gasteiger partial charge in [0.05, 0.1) is 5.92 Å². The Morgan fingerprint density at radius 1 is 1.18 bits per heavy atom. The SMILES string of the molecule is Cc1ccc(C)c(NC(=O)COC(=O)[C@H]2CC(=O)N(c3ccc(Br)cc3)C2)c1. The average Bonchev–Trinajstić information content (AvgIpc) is 3.05. The number of carbonyl (C=O) groups is 3. The van der Waals surface area contributed by atoms with Gasteiger partial charge in [-0.3, -0.25) is 14.4 Å². The van der Waals surface area contributed by atoms with Gasteiger partial charge in [0.15, 0.2) is 6.61 Å². The molecule has 1 N–H and O–H groups in total. The maximum atomic E-state index is 12.3. The quantitative estimate of drug-likeness (QED) is 0.714. The number of halogens is 1. The van der Waals surface area contributed by atoms with Crippen LogP contribution in [-0.4, -0.2) is 30.9 Å². The number of esters is 1. The topological polar surface area (TPSA) is 75.7 Å². The van der Waals surface area contributed by atoms with E-state index in [1.54, 1.807) is 4.90 Å². The lowest BCUT2D eigenvalue weighted by atomic mass is 10.1. The summed E-state index contributed by atoms with van der Waals surface area (Å²) in [7, 11) is 0. The first-order valence-electron chi connectivity index (χ1n) is 8.93. The molecule has 0 saturated carbocycles. The molecule has 6 nitrogen and oxygen atoms in total. The Morgan fingerprint density at radius 3 is 2.61 bits per heavy atom. The summed E-state index contributed by atoms with van der Waals surface area (Å²) < 4.78 is 6.06. The Kier molecular flexibility index (Phi) is 6.14. The highest BCUT2D eigenvalue weighted by Gasteiger charge is 2.36. The molecule has 1 saturated heterocycles. The lowest BCUT2D eigenvalue weighted by molar-refractivity contribution is -0.151. The van der Waals surface area contributed by atoms with Gasteiger partial charge in [-0.05, 0) is 55.3 Å². The number of amides is 2. The second-order valence-corrected chi connectivity index (χ2v) is 7.77. The van der Waals surface area contributed by atoms with E-state index in [1.807, 2.05) is 56.3 Å². The van der Waals surface area contributed by atoms with E-state index in [1.165, 1.54) is 0 Å². The molecule has 0 unspecified atom stereocenters. The molecule has 2 aromatic carbocycles. The fourth-order valence-corrected chi connectivity index (χ4v) is 3.31. The molecular formula is C21H21BrN2O4. The molecule has 0 spiro atoms.